The van der Waals surface area contributed by atoms with Crippen LogP contribution in [-0.4, -0.2) is 23.7 Å². The Hall–Kier alpha value is -0.730. The second-order valence-electron chi connectivity index (χ2n) is 2.45. The molecule has 0 amide bonds. The molecule has 0 saturated carbocycles. The van der Waals surface area contributed by atoms with Gasteiger partial charge in [0.15, 0.2) is 0 Å². The van der Waals surface area contributed by atoms with Gasteiger partial charge in [-0.3, -0.25) is 0 Å². The van der Waals surface area contributed by atoms with E-state index in [0.29, 0.717) is 17.7 Å². The zero-order valence-corrected chi connectivity index (χ0v) is 7.37. The standard InChI is InChI=1S/C6H6O.C3H5ClO/c7-6-4-2-1-3-5-6;4-1-3-2-5-3/h1-5,7H;3H,1-2H2. The number of para-hydroxylation sites is 1. The van der Waals surface area contributed by atoms with Crippen LogP contribution in [0.25, 0.3) is 0 Å². The molecule has 1 unspecified atom stereocenters. The van der Waals surface area contributed by atoms with Gasteiger partial charge in [-0.1, -0.05) is 18.2 Å². The second kappa shape index (κ2) is 5.01. The number of benzene rings is 1. The normalized spacial score (nSPS) is 19.2. The van der Waals surface area contributed by atoms with E-state index in [4.69, 9.17) is 21.4 Å². The molecule has 0 aromatic heterocycles. The average Bonchev–Trinajstić information content (AvgIpc) is 2.89. The van der Waals surface area contributed by atoms with Crippen molar-refractivity contribution < 1.29 is 9.84 Å². The van der Waals surface area contributed by atoms with Gasteiger partial charge in [0, 0.05) is 0 Å². The summed E-state index contributed by atoms with van der Waals surface area (Å²) in [4.78, 5) is 0. The molecule has 0 spiro atoms. The van der Waals surface area contributed by atoms with Crippen molar-refractivity contribution >= 4 is 11.6 Å². The van der Waals surface area contributed by atoms with Gasteiger partial charge in [-0.2, -0.15) is 0 Å². The Morgan fingerprint density at radius 1 is 1.42 bits per heavy atom. The van der Waals surface area contributed by atoms with Gasteiger partial charge in [0.2, 0.25) is 0 Å². The fourth-order valence-corrected chi connectivity index (χ4v) is 0.763. The number of rotatable bonds is 1. The molecular weight excluding hydrogens is 176 g/mol. The van der Waals surface area contributed by atoms with Gasteiger partial charge in [-0.05, 0) is 12.1 Å². The molecule has 1 heterocycles. The summed E-state index contributed by atoms with van der Waals surface area (Å²) in [5.41, 5.74) is 0. The van der Waals surface area contributed by atoms with Crippen LogP contribution in [-0.2, 0) is 4.74 Å². The maximum atomic E-state index is 8.63. The van der Waals surface area contributed by atoms with E-state index in [1.807, 2.05) is 6.07 Å². The summed E-state index contributed by atoms with van der Waals surface area (Å²) in [7, 11) is 0. The van der Waals surface area contributed by atoms with Crippen LogP contribution in [0.1, 0.15) is 0 Å². The topological polar surface area (TPSA) is 32.8 Å². The lowest BCUT2D eigenvalue weighted by molar-refractivity contribution is 0.425. The first kappa shape index (κ1) is 9.36. The molecule has 2 nitrogen and oxygen atoms in total. The van der Waals surface area contributed by atoms with Crippen molar-refractivity contribution in [3.8, 4) is 5.75 Å². The Bertz CT molecular complexity index is 209. The smallest absolute Gasteiger partial charge is 0.115 e. The first-order valence-corrected chi connectivity index (χ1v) is 4.28. The molecule has 1 fully saturated rings. The Labute approximate surface area is 76.7 Å². The Morgan fingerprint density at radius 3 is 2.17 bits per heavy atom. The van der Waals surface area contributed by atoms with Crippen molar-refractivity contribution in [2.45, 2.75) is 6.10 Å². The maximum Gasteiger partial charge on any atom is 0.115 e. The first-order chi connectivity index (χ1) is 5.83. The number of hydrogen-bond acceptors (Lipinski definition) is 2. The number of phenols is 1. The number of epoxide rings is 1. The third-order valence-electron chi connectivity index (χ3n) is 1.33. The Morgan fingerprint density at radius 2 is 2.00 bits per heavy atom. The summed E-state index contributed by atoms with van der Waals surface area (Å²) in [6.07, 6.45) is 0.400. The van der Waals surface area contributed by atoms with Gasteiger partial charge in [0.1, 0.15) is 5.75 Å². The van der Waals surface area contributed by atoms with E-state index in [0.717, 1.165) is 6.61 Å². The van der Waals surface area contributed by atoms with Crippen LogP contribution >= 0.6 is 11.6 Å². The third kappa shape index (κ3) is 4.21. The van der Waals surface area contributed by atoms with Gasteiger partial charge >= 0.3 is 0 Å². The van der Waals surface area contributed by atoms with E-state index >= 15 is 0 Å². The highest BCUT2D eigenvalue weighted by Crippen LogP contribution is 2.08. The molecule has 1 aromatic carbocycles. The highest BCUT2D eigenvalue weighted by molar-refractivity contribution is 6.18. The highest BCUT2D eigenvalue weighted by Gasteiger charge is 2.19. The minimum absolute atomic E-state index is 0.322. The van der Waals surface area contributed by atoms with E-state index in [9.17, 15) is 0 Å². The average molecular weight is 187 g/mol. The van der Waals surface area contributed by atoms with Gasteiger partial charge < -0.3 is 9.84 Å². The van der Waals surface area contributed by atoms with Crippen LogP contribution in [0, 0.1) is 0 Å². The number of hydrogen-bond donors (Lipinski definition) is 1. The molecule has 1 saturated heterocycles. The lowest BCUT2D eigenvalue weighted by Crippen LogP contribution is -1.80. The lowest BCUT2D eigenvalue weighted by atomic mass is 10.3. The van der Waals surface area contributed by atoms with E-state index in [1.165, 1.54) is 0 Å². The van der Waals surface area contributed by atoms with Crippen molar-refractivity contribution in [2.24, 2.45) is 0 Å². The van der Waals surface area contributed by atoms with Crippen LogP contribution < -0.4 is 0 Å². The first-order valence-electron chi connectivity index (χ1n) is 3.74. The number of alkyl halides is 1. The molecule has 1 aliphatic heterocycles. The molecule has 2 rings (SSSR count). The molecule has 1 aliphatic rings. The van der Waals surface area contributed by atoms with E-state index in [2.05, 4.69) is 0 Å². The predicted octanol–water partition coefficient (Wildman–Crippen LogP) is 2.02. The molecule has 1 N–H and O–H groups in total. The predicted molar refractivity (Wildman–Crippen MR) is 48.6 cm³/mol. The fourth-order valence-electron chi connectivity index (χ4n) is 0.585. The van der Waals surface area contributed by atoms with Crippen molar-refractivity contribution in [3.05, 3.63) is 30.3 Å². The minimum atomic E-state index is 0.322. The van der Waals surface area contributed by atoms with Crippen molar-refractivity contribution in [1.29, 1.82) is 0 Å². The molecular formula is C9H11ClO2. The van der Waals surface area contributed by atoms with Gasteiger partial charge in [-0.15, -0.1) is 11.6 Å². The molecule has 12 heavy (non-hydrogen) atoms. The largest absolute Gasteiger partial charge is 0.508 e. The quantitative estimate of drug-likeness (QED) is 0.538. The van der Waals surface area contributed by atoms with Crippen LogP contribution in [0.4, 0.5) is 0 Å². The molecule has 66 valence electrons. The molecule has 3 heteroatoms. The van der Waals surface area contributed by atoms with Crippen LogP contribution in [0.2, 0.25) is 0 Å². The second-order valence-corrected chi connectivity index (χ2v) is 2.75. The molecule has 0 aliphatic carbocycles. The summed E-state index contributed by atoms with van der Waals surface area (Å²) >= 11 is 5.27. The third-order valence-corrected chi connectivity index (χ3v) is 1.67. The Balaban J connectivity index is 0.000000127. The number of halogens is 1. The Kier molecular flexibility index (Phi) is 3.91. The molecule has 0 radical (unpaired) electrons. The van der Waals surface area contributed by atoms with E-state index in [-0.39, 0.29) is 0 Å². The van der Waals surface area contributed by atoms with Crippen molar-refractivity contribution in [2.75, 3.05) is 12.5 Å². The summed E-state index contributed by atoms with van der Waals surface area (Å²) in [6.45, 7) is 0.878. The molecule has 1 aromatic rings. The van der Waals surface area contributed by atoms with Gasteiger partial charge in [0.25, 0.3) is 0 Å². The zero-order valence-electron chi connectivity index (χ0n) is 6.61. The maximum absolute atomic E-state index is 8.63. The lowest BCUT2D eigenvalue weighted by Gasteiger charge is -1.82. The summed E-state index contributed by atoms with van der Waals surface area (Å²) in [6, 6.07) is 8.71. The van der Waals surface area contributed by atoms with Gasteiger partial charge in [-0.25, -0.2) is 0 Å². The van der Waals surface area contributed by atoms with E-state index < -0.39 is 0 Å². The summed E-state index contributed by atoms with van der Waals surface area (Å²) in [5, 5.41) is 8.63. The summed E-state index contributed by atoms with van der Waals surface area (Å²) < 4.78 is 4.73. The minimum Gasteiger partial charge on any atom is -0.508 e. The fraction of sp³-hybridized carbons (Fsp3) is 0.333. The monoisotopic (exact) mass is 186 g/mol. The van der Waals surface area contributed by atoms with Crippen LogP contribution in [0.5, 0.6) is 5.75 Å². The van der Waals surface area contributed by atoms with E-state index in [1.54, 1.807) is 24.3 Å². The molecule has 1 atom stereocenters. The highest BCUT2D eigenvalue weighted by atomic mass is 35.5. The zero-order chi connectivity index (χ0) is 8.81. The number of ether oxygens (including phenoxy) is 1. The van der Waals surface area contributed by atoms with Crippen molar-refractivity contribution in [3.63, 3.8) is 0 Å². The number of phenolic OH excluding ortho intramolecular Hbond substituents is 1. The van der Waals surface area contributed by atoms with Gasteiger partial charge in [0.05, 0.1) is 18.6 Å². The SMILES string of the molecule is ClCC1CO1.Oc1ccccc1. The van der Waals surface area contributed by atoms with Crippen LogP contribution in [0.15, 0.2) is 30.3 Å². The summed E-state index contributed by atoms with van der Waals surface area (Å²) in [5.74, 6) is 0.988. The van der Waals surface area contributed by atoms with Crippen molar-refractivity contribution in [1.82, 2.24) is 0 Å². The number of aromatic hydroxyl groups is 1. The molecule has 0 bridgehead atoms. The van der Waals surface area contributed by atoms with Crippen LogP contribution in [0.3, 0.4) is 0 Å².